The first-order valence-corrected chi connectivity index (χ1v) is 12.4. The Bertz CT molecular complexity index is 1030. The third-order valence-corrected chi connectivity index (χ3v) is 6.50. The van der Waals surface area contributed by atoms with E-state index >= 15 is 0 Å². The van der Waals surface area contributed by atoms with Crippen LogP contribution in [0.25, 0.3) is 0 Å². The second-order valence-corrected chi connectivity index (χ2v) is 8.94. The summed E-state index contributed by atoms with van der Waals surface area (Å²) >= 11 is 0. The molecule has 4 amide bonds. The smallest absolute Gasteiger partial charge is 0.416 e. The molecule has 1 aromatic carbocycles. The molecule has 2 aliphatic heterocycles. The number of hydrogen-bond acceptors (Lipinski definition) is 5. The van der Waals surface area contributed by atoms with Gasteiger partial charge in [0, 0.05) is 51.0 Å². The van der Waals surface area contributed by atoms with E-state index in [1.807, 2.05) is 13.8 Å². The SMILES string of the molecule is CCNC(=O)N1CCN(CC2=C(C(=O)OCC)[C@@H](c3ccc(C(F)(F)F)cc3)NC(=O)N2CC)C[C@H]1C. The number of ether oxygens (including phenoxy) is 1. The number of carbonyl (C=O) groups excluding carboxylic acids is 3. The molecule has 1 aromatic rings. The second kappa shape index (κ2) is 11.8. The average molecular weight is 526 g/mol. The van der Waals surface area contributed by atoms with E-state index in [4.69, 9.17) is 4.74 Å². The summed E-state index contributed by atoms with van der Waals surface area (Å²) in [6.07, 6.45) is -4.51. The van der Waals surface area contributed by atoms with Gasteiger partial charge in [0.05, 0.1) is 23.8 Å². The van der Waals surface area contributed by atoms with Crippen molar-refractivity contribution in [1.82, 2.24) is 25.3 Å². The molecule has 2 N–H and O–H groups in total. The molecule has 37 heavy (non-hydrogen) atoms. The fourth-order valence-corrected chi connectivity index (χ4v) is 4.72. The number of benzene rings is 1. The van der Waals surface area contributed by atoms with E-state index in [0.717, 1.165) is 12.1 Å². The first-order chi connectivity index (χ1) is 17.5. The minimum Gasteiger partial charge on any atom is -0.463 e. The van der Waals surface area contributed by atoms with Crippen LogP contribution in [0.4, 0.5) is 22.8 Å². The maximum atomic E-state index is 13.2. The Morgan fingerprint density at radius 1 is 1.14 bits per heavy atom. The van der Waals surface area contributed by atoms with Gasteiger partial charge in [-0.2, -0.15) is 13.2 Å². The normalized spacial score (nSPS) is 21.1. The molecule has 9 nitrogen and oxygen atoms in total. The number of rotatable bonds is 7. The Labute approximate surface area is 214 Å². The fourth-order valence-electron chi connectivity index (χ4n) is 4.72. The number of halogens is 3. The predicted molar refractivity (Wildman–Crippen MR) is 130 cm³/mol. The number of likely N-dealkylation sites (N-methyl/N-ethyl adjacent to an activating group) is 1. The molecule has 0 aromatic heterocycles. The van der Waals surface area contributed by atoms with Crippen molar-refractivity contribution in [2.75, 3.05) is 45.9 Å². The summed E-state index contributed by atoms with van der Waals surface area (Å²) in [5.41, 5.74) is 0.136. The highest BCUT2D eigenvalue weighted by molar-refractivity contribution is 5.95. The summed E-state index contributed by atoms with van der Waals surface area (Å²) in [4.78, 5) is 43.8. The number of piperazine rings is 1. The molecule has 204 valence electrons. The van der Waals surface area contributed by atoms with Gasteiger partial charge in [0.25, 0.3) is 0 Å². The zero-order chi connectivity index (χ0) is 27.3. The van der Waals surface area contributed by atoms with E-state index in [1.54, 1.807) is 18.7 Å². The molecule has 2 atom stereocenters. The molecular weight excluding hydrogens is 491 g/mol. The van der Waals surface area contributed by atoms with E-state index in [2.05, 4.69) is 15.5 Å². The van der Waals surface area contributed by atoms with Crippen molar-refractivity contribution in [3.63, 3.8) is 0 Å². The van der Waals surface area contributed by atoms with Crippen LogP contribution in [-0.4, -0.2) is 84.6 Å². The van der Waals surface area contributed by atoms with Gasteiger partial charge < -0.3 is 20.3 Å². The van der Waals surface area contributed by atoms with Crippen molar-refractivity contribution in [1.29, 1.82) is 0 Å². The summed E-state index contributed by atoms with van der Waals surface area (Å²) in [7, 11) is 0. The summed E-state index contributed by atoms with van der Waals surface area (Å²) in [6.45, 7) is 9.84. The molecule has 0 unspecified atom stereocenters. The number of nitrogens with zero attached hydrogens (tertiary/aromatic N) is 3. The van der Waals surface area contributed by atoms with Crippen LogP contribution in [0.5, 0.6) is 0 Å². The van der Waals surface area contributed by atoms with Gasteiger partial charge in [-0.15, -0.1) is 0 Å². The second-order valence-electron chi connectivity index (χ2n) is 8.94. The maximum Gasteiger partial charge on any atom is 0.416 e. The highest BCUT2D eigenvalue weighted by Gasteiger charge is 2.39. The van der Waals surface area contributed by atoms with Crippen LogP contribution in [0.3, 0.4) is 0 Å². The Kier molecular flexibility index (Phi) is 9.06. The number of alkyl halides is 3. The van der Waals surface area contributed by atoms with Crippen molar-refractivity contribution >= 4 is 18.0 Å². The average Bonchev–Trinajstić information content (AvgIpc) is 2.83. The number of carbonyl (C=O) groups is 3. The zero-order valence-corrected chi connectivity index (χ0v) is 21.5. The standard InChI is InChI=1S/C25H34F3N5O4/c1-5-29-23(35)33-13-12-31(14-16(33)4)15-19-20(22(34)37-7-3)21(30-24(36)32(19)6-2)17-8-10-18(11-9-17)25(26,27)28/h8-11,16,21H,5-7,12-15H2,1-4H3,(H,29,35)(H,30,36)/t16-,21-/m1/s1. The molecule has 0 aliphatic carbocycles. The molecule has 0 radical (unpaired) electrons. The van der Waals surface area contributed by atoms with Gasteiger partial charge >= 0.3 is 24.2 Å². The molecule has 12 heteroatoms. The van der Waals surface area contributed by atoms with Crippen molar-refractivity contribution in [2.24, 2.45) is 0 Å². The molecule has 0 saturated carbocycles. The van der Waals surface area contributed by atoms with Crippen LogP contribution in [0, 0.1) is 0 Å². The van der Waals surface area contributed by atoms with Crippen LogP contribution >= 0.6 is 0 Å². The van der Waals surface area contributed by atoms with Crippen LogP contribution in [0.2, 0.25) is 0 Å². The van der Waals surface area contributed by atoms with Crippen LogP contribution in [0.15, 0.2) is 35.5 Å². The molecule has 0 spiro atoms. The van der Waals surface area contributed by atoms with Gasteiger partial charge in [-0.25, -0.2) is 14.4 Å². The van der Waals surface area contributed by atoms with E-state index in [1.165, 1.54) is 17.0 Å². The highest BCUT2D eigenvalue weighted by atomic mass is 19.4. The van der Waals surface area contributed by atoms with Gasteiger partial charge in [-0.3, -0.25) is 9.80 Å². The van der Waals surface area contributed by atoms with Gasteiger partial charge in [0.15, 0.2) is 0 Å². The molecule has 1 fully saturated rings. The molecule has 0 bridgehead atoms. The summed E-state index contributed by atoms with van der Waals surface area (Å²) in [5.74, 6) is -0.644. The third-order valence-electron chi connectivity index (χ3n) is 6.50. The van der Waals surface area contributed by atoms with Crippen LogP contribution in [-0.2, 0) is 15.7 Å². The lowest BCUT2D eigenvalue weighted by molar-refractivity contribution is -0.139. The number of esters is 1. The number of nitrogens with one attached hydrogen (secondary N) is 2. The van der Waals surface area contributed by atoms with Gasteiger partial charge in [-0.05, 0) is 45.4 Å². The Morgan fingerprint density at radius 3 is 2.35 bits per heavy atom. The summed E-state index contributed by atoms with van der Waals surface area (Å²) in [6, 6.07) is 2.71. The van der Waals surface area contributed by atoms with E-state index in [-0.39, 0.29) is 37.3 Å². The molecular formula is C25H34F3N5O4. The first-order valence-electron chi connectivity index (χ1n) is 12.4. The van der Waals surface area contributed by atoms with E-state index < -0.39 is 29.8 Å². The number of amides is 4. The van der Waals surface area contributed by atoms with Gasteiger partial charge in [-0.1, -0.05) is 12.1 Å². The fraction of sp³-hybridized carbons (Fsp3) is 0.560. The van der Waals surface area contributed by atoms with Crippen molar-refractivity contribution in [2.45, 2.75) is 46.0 Å². The lowest BCUT2D eigenvalue weighted by Crippen LogP contribution is -2.58. The molecule has 2 heterocycles. The van der Waals surface area contributed by atoms with Crippen LogP contribution < -0.4 is 10.6 Å². The lowest BCUT2D eigenvalue weighted by atomic mass is 9.93. The lowest BCUT2D eigenvalue weighted by Gasteiger charge is -2.42. The highest BCUT2D eigenvalue weighted by Crippen LogP contribution is 2.35. The topological polar surface area (TPSA) is 94.2 Å². The largest absolute Gasteiger partial charge is 0.463 e. The Hall–Kier alpha value is -3.28. The summed E-state index contributed by atoms with van der Waals surface area (Å²) in [5, 5.41) is 5.56. The third kappa shape index (κ3) is 6.35. The van der Waals surface area contributed by atoms with Gasteiger partial charge in [0.1, 0.15) is 0 Å². The van der Waals surface area contributed by atoms with Gasteiger partial charge in [0.2, 0.25) is 0 Å². The minimum atomic E-state index is -4.51. The van der Waals surface area contributed by atoms with Crippen molar-refractivity contribution in [3.05, 3.63) is 46.7 Å². The maximum absolute atomic E-state index is 13.2. The Balaban J connectivity index is 1.98. The van der Waals surface area contributed by atoms with E-state index in [0.29, 0.717) is 37.4 Å². The predicted octanol–water partition coefficient (Wildman–Crippen LogP) is 3.34. The zero-order valence-electron chi connectivity index (χ0n) is 21.5. The summed E-state index contributed by atoms with van der Waals surface area (Å²) < 4.78 is 44.6. The number of urea groups is 2. The quantitative estimate of drug-likeness (QED) is 0.533. The Morgan fingerprint density at radius 2 is 1.81 bits per heavy atom. The minimum absolute atomic E-state index is 0.0949. The first kappa shape index (κ1) is 28.3. The number of hydrogen-bond donors (Lipinski definition) is 2. The molecule has 2 aliphatic rings. The molecule has 3 rings (SSSR count). The molecule has 1 saturated heterocycles. The van der Waals surface area contributed by atoms with Crippen molar-refractivity contribution < 1.29 is 32.3 Å². The van der Waals surface area contributed by atoms with Crippen molar-refractivity contribution in [3.8, 4) is 0 Å². The van der Waals surface area contributed by atoms with E-state index in [9.17, 15) is 27.6 Å². The van der Waals surface area contributed by atoms with Crippen LogP contribution in [0.1, 0.15) is 44.9 Å². The monoisotopic (exact) mass is 525 g/mol.